The Morgan fingerprint density at radius 2 is 1.70 bits per heavy atom. The van der Waals surface area contributed by atoms with Gasteiger partial charge in [-0.05, 0) is 72.8 Å². The number of hydrogen-bond acceptors (Lipinski definition) is 3. The second kappa shape index (κ2) is 10.3. The molecule has 1 aliphatic carbocycles. The van der Waals surface area contributed by atoms with Gasteiger partial charge < -0.3 is 4.57 Å². The summed E-state index contributed by atoms with van der Waals surface area (Å²) in [5, 5.41) is 0.765. The molecule has 1 aliphatic heterocycles. The molecule has 2 fully saturated rings. The summed E-state index contributed by atoms with van der Waals surface area (Å²) in [7, 11) is 0. The molecule has 2 aromatic carbocycles. The molecule has 4 nitrogen and oxygen atoms in total. The van der Waals surface area contributed by atoms with E-state index in [1.807, 2.05) is 47.4 Å². The van der Waals surface area contributed by atoms with Gasteiger partial charge in [0.2, 0.25) is 0 Å². The van der Waals surface area contributed by atoms with E-state index in [1.165, 1.54) is 43.0 Å². The van der Waals surface area contributed by atoms with Crippen molar-refractivity contribution in [2.45, 2.75) is 44.6 Å². The van der Waals surface area contributed by atoms with Crippen molar-refractivity contribution in [3.8, 4) is 0 Å². The maximum atomic E-state index is 13.4. The Morgan fingerprint density at radius 1 is 0.970 bits per heavy atom. The highest BCUT2D eigenvalue weighted by Crippen LogP contribution is 2.35. The lowest BCUT2D eigenvalue weighted by Gasteiger charge is -2.15. The molecular weight excluding hydrogens is 426 g/mol. The van der Waals surface area contributed by atoms with E-state index >= 15 is 0 Å². The fraction of sp³-hybridized carbons (Fsp3) is 0.286. The molecule has 1 saturated heterocycles. The zero-order chi connectivity index (χ0) is 22.5. The van der Waals surface area contributed by atoms with Gasteiger partial charge in [-0.15, -0.1) is 0 Å². The fourth-order valence-electron chi connectivity index (χ4n) is 4.58. The summed E-state index contributed by atoms with van der Waals surface area (Å²) in [4.78, 5) is 20.8. The van der Waals surface area contributed by atoms with Crippen LogP contribution in [0.15, 0.2) is 89.0 Å². The van der Waals surface area contributed by atoms with Gasteiger partial charge in [0.05, 0.1) is 10.6 Å². The van der Waals surface area contributed by atoms with Crippen LogP contribution in [0.5, 0.6) is 0 Å². The first-order valence-electron chi connectivity index (χ1n) is 11.8. The van der Waals surface area contributed by atoms with Gasteiger partial charge in [-0.2, -0.15) is 0 Å². The maximum Gasteiger partial charge on any atom is 0.266 e. The molecule has 1 saturated carbocycles. The van der Waals surface area contributed by atoms with Gasteiger partial charge in [0.25, 0.3) is 5.91 Å². The largest absolute Gasteiger partial charge is 0.351 e. The second-order valence-electron chi connectivity index (χ2n) is 8.72. The van der Waals surface area contributed by atoms with Crippen LogP contribution in [0.1, 0.15) is 49.3 Å². The van der Waals surface area contributed by atoms with E-state index in [1.54, 1.807) is 0 Å². The Labute approximate surface area is 200 Å². The predicted octanol–water partition coefficient (Wildman–Crippen LogP) is 6.84. The number of amidine groups is 1. The first kappa shape index (κ1) is 21.8. The molecule has 5 heteroatoms. The van der Waals surface area contributed by atoms with Crippen molar-refractivity contribution < 1.29 is 4.79 Å². The van der Waals surface area contributed by atoms with Crippen molar-refractivity contribution in [1.29, 1.82) is 0 Å². The number of aromatic nitrogens is 1. The maximum absolute atomic E-state index is 13.4. The van der Waals surface area contributed by atoms with Crippen LogP contribution in [-0.4, -0.2) is 27.1 Å². The smallest absolute Gasteiger partial charge is 0.266 e. The molecule has 1 aromatic heterocycles. The SMILES string of the molecule is O=C1/C(=C\c2ccn(C3CCCC3)c2)SC(=Nc2ccccc2)N1CCCc1ccccc1. The van der Waals surface area contributed by atoms with E-state index in [4.69, 9.17) is 4.99 Å². The molecule has 33 heavy (non-hydrogen) atoms. The summed E-state index contributed by atoms with van der Waals surface area (Å²) < 4.78 is 2.32. The minimum absolute atomic E-state index is 0.0522. The molecule has 0 N–H and O–H groups in total. The number of amides is 1. The summed E-state index contributed by atoms with van der Waals surface area (Å²) in [6.45, 7) is 0.660. The number of para-hydroxylation sites is 1. The molecule has 2 aliphatic rings. The van der Waals surface area contributed by atoms with Gasteiger partial charge in [-0.1, -0.05) is 61.4 Å². The Balaban J connectivity index is 1.35. The summed E-state index contributed by atoms with van der Waals surface area (Å²) in [5.41, 5.74) is 3.25. The van der Waals surface area contributed by atoms with Gasteiger partial charge in [-0.3, -0.25) is 9.69 Å². The van der Waals surface area contributed by atoms with Crippen molar-refractivity contribution in [1.82, 2.24) is 9.47 Å². The molecule has 0 atom stereocenters. The Bertz CT molecular complexity index is 1140. The number of carbonyl (C=O) groups excluding carboxylic acids is 1. The van der Waals surface area contributed by atoms with Crippen LogP contribution in [0.25, 0.3) is 6.08 Å². The molecule has 0 spiro atoms. The third kappa shape index (κ3) is 5.31. The van der Waals surface area contributed by atoms with E-state index in [-0.39, 0.29) is 5.91 Å². The minimum atomic E-state index is 0.0522. The van der Waals surface area contributed by atoms with E-state index in [2.05, 4.69) is 47.3 Å². The monoisotopic (exact) mass is 455 g/mol. The number of benzene rings is 2. The standard InChI is InChI=1S/C28H29N3OS/c32-27-26(20-23-17-19-30(21-23)25-15-7-8-16-25)33-28(29-24-13-5-2-6-14-24)31(27)18-9-12-22-10-3-1-4-11-22/h1-6,10-11,13-14,17,19-21,25H,7-9,12,15-16,18H2/b26-20+,29-28?. The lowest BCUT2D eigenvalue weighted by atomic mass is 10.1. The van der Waals surface area contributed by atoms with Crippen molar-refractivity contribution in [2.75, 3.05) is 6.54 Å². The number of thioether (sulfide) groups is 1. The van der Waals surface area contributed by atoms with Crippen LogP contribution in [0.2, 0.25) is 0 Å². The van der Waals surface area contributed by atoms with E-state index in [0.29, 0.717) is 12.6 Å². The highest BCUT2D eigenvalue weighted by atomic mass is 32.2. The van der Waals surface area contributed by atoms with Crippen molar-refractivity contribution in [3.05, 3.63) is 95.2 Å². The first-order valence-corrected chi connectivity index (χ1v) is 12.6. The summed E-state index contributed by atoms with van der Waals surface area (Å²) in [6.07, 6.45) is 13.3. The third-order valence-electron chi connectivity index (χ3n) is 6.34. The second-order valence-corrected chi connectivity index (χ2v) is 9.73. The number of hydrogen-bond donors (Lipinski definition) is 0. The first-order chi connectivity index (χ1) is 16.3. The Hall–Kier alpha value is -3.05. The van der Waals surface area contributed by atoms with Crippen LogP contribution in [0.4, 0.5) is 5.69 Å². The van der Waals surface area contributed by atoms with E-state index in [9.17, 15) is 4.79 Å². The topological polar surface area (TPSA) is 37.6 Å². The average Bonchev–Trinajstić information content (AvgIpc) is 3.59. The fourth-order valence-corrected chi connectivity index (χ4v) is 5.61. The zero-order valence-corrected chi connectivity index (χ0v) is 19.6. The van der Waals surface area contributed by atoms with Crippen molar-refractivity contribution >= 4 is 34.6 Å². The van der Waals surface area contributed by atoms with Crippen LogP contribution in [0.3, 0.4) is 0 Å². The van der Waals surface area contributed by atoms with Gasteiger partial charge in [0.15, 0.2) is 5.17 Å². The minimum Gasteiger partial charge on any atom is -0.351 e. The van der Waals surface area contributed by atoms with Gasteiger partial charge >= 0.3 is 0 Å². The number of aliphatic imine (C=N–C) groups is 1. The zero-order valence-electron chi connectivity index (χ0n) is 18.8. The Morgan fingerprint density at radius 3 is 2.45 bits per heavy atom. The number of nitrogens with zero attached hydrogens (tertiary/aromatic N) is 3. The molecule has 0 bridgehead atoms. The van der Waals surface area contributed by atoms with Crippen molar-refractivity contribution in [2.24, 2.45) is 4.99 Å². The summed E-state index contributed by atoms with van der Waals surface area (Å²) in [6, 6.07) is 23.0. The molecule has 3 aromatic rings. The highest BCUT2D eigenvalue weighted by molar-refractivity contribution is 8.18. The van der Waals surface area contributed by atoms with Crippen LogP contribution in [0, 0.1) is 0 Å². The van der Waals surface area contributed by atoms with E-state index < -0.39 is 0 Å². The molecule has 168 valence electrons. The predicted molar refractivity (Wildman–Crippen MR) is 138 cm³/mol. The quantitative estimate of drug-likeness (QED) is 0.366. The Kier molecular flexibility index (Phi) is 6.77. The van der Waals surface area contributed by atoms with Gasteiger partial charge in [0.1, 0.15) is 0 Å². The summed E-state index contributed by atoms with van der Waals surface area (Å²) >= 11 is 1.48. The highest BCUT2D eigenvalue weighted by Gasteiger charge is 2.33. The third-order valence-corrected chi connectivity index (χ3v) is 7.35. The van der Waals surface area contributed by atoms with E-state index in [0.717, 1.165) is 34.2 Å². The van der Waals surface area contributed by atoms with Crippen LogP contribution < -0.4 is 0 Å². The average molecular weight is 456 g/mol. The van der Waals surface area contributed by atoms with Crippen molar-refractivity contribution in [3.63, 3.8) is 0 Å². The molecule has 0 unspecified atom stereocenters. The van der Waals surface area contributed by atoms with Crippen LogP contribution >= 0.6 is 11.8 Å². The molecule has 2 heterocycles. The van der Waals surface area contributed by atoms with Crippen LogP contribution in [-0.2, 0) is 11.2 Å². The van der Waals surface area contributed by atoms with Gasteiger partial charge in [-0.25, -0.2) is 4.99 Å². The number of aryl methyl sites for hydroxylation is 1. The summed E-state index contributed by atoms with van der Waals surface area (Å²) in [5.74, 6) is 0.0522. The molecule has 0 radical (unpaired) electrons. The number of carbonyl (C=O) groups is 1. The lowest BCUT2D eigenvalue weighted by Crippen LogP contribution is -2.30. The lowest BCUT2D eigenvalue weighted by molar-refractivity contribution is -0.122. The molecule has 1 amide bonds. The normalized spacial score (nSPS) is 19.3. The van der Waals surface area contributed by atoms with Gasteiger partial charge in [0, 0.05) is 25.0 Å². The molecular formula is C28H29N3OS. The number of rotatable bonds is 7. The molecule has 5 rings (SSSR count).